The molecule has 1 heterocycles. The second-order valence-electron chi connectivity index (χ2n) is 6.42. The maximum atomic E-state index is 12.7. The molecule has 0 unspecified atom stereocenters. The maximum absolute atomic E-state index is 12.7. The van der Waals surface area contributed by atoms with Crippen molar-refractivity contribution in [1.82, 2.24) is 0 Å². The number of halogens is 1. The Morgan fingerprint density at radius 3 is 2.19 bits per heavy atom. The van der Waals surface area contributed by atoms with E-state index >= 15 is 0 Å². The number of nitrogens with zero attached hydrogens (tertiary/aromatic N) is 3. The molecule has 0 atom stereocenters. The zero-order valence-corrected chi connectivity index (χ0v) is 18.3. The number of nitrogens with one attached hydrogen (secondary N) is 1. The van der Waals surface area contributed by atoms with E-state index in [0.29, 0.717) is 5.56 Å². The molecule has 0 aromatic heterocycles. The predicted molar refractivity (Wildman–Crippen MR) is 114 cm³/mol. The lowest BCUT2D eigenvalue weighted by Crippen LogP contribution is -2.28. The van der Waals surface area contributed by atoms with Gasteiger partial charge in [-0.3, -0.25) is 19.3 Å². The van der Waals surface area contributed by atoms with Gasteiger partial charge in [0.05, 0.1) is 22.0 Å². The van der Waals surface area contributed by atoms with Gasteiger partial charge in [-0.2, -0.15) is 32.0 Å². The summed E-state index contributed by atoms with van der Waals surface area (Å²) in [5, 5.41) is 9.12. The summed E-state index contributed by atoms with van der Waals surface area (Å²) in [5.41, 5.74) is 2.90. The van der Waals surface area contributed by atoms with Crippen molar-refractivity contribution < 1.29 is 30.7 Å². The number of hydrazone groups is 2. The second-order valence-corrected chi connectivity index (χ2v) is 9.63. The summed E-state index contributed by atoms with van der Waals surface area (Å²) >= 11 is 6.01. The zero-order chi connectivity index (χ0) is 23.1. The number of rotatable bonds is 5. The van der Waals surface area contributed by atoms with E-state index in [9.17, 15) is 26.2 Å². The van der Waals surface area contributed by atoms with E-state index in [1.54, 1.807) is 6.92 Å². The number of amides is 1. The number of hydrogen-bond acceptors (Lipinski definition) is 8. The Bertz CT molecular complexity index is 1350. The summed E-state index contributed by atoms with van der Waals surface area (Å²) in [6.07, 6.45) is 0. The molecule has 0 fully saturated rings. The van der Waals surface area contributed by atoms with Crippen molar-refractivity contribution in [3.63, 3.8) is 0 Å². The fraction of sp³-hybridized carbons (Fsp3) is 0.118. The molecule has 0 aliphatic carbocycles. The van der Waals surface area contributed by atoms with Crippen LogP contribution in [0, 0.1) is 6.92 Å². The van der Waals surface area contributed by atoms with Gasteiger partial charge in [0.1, 0.15) is 4.90 Å². The lowest BCUT2D eigenvalue weighted by Gasteiger charge is -2.12. The summed E-state index contributed by atoms with van der Waals surface area (Å²) in [6, 6.07) is 7.13. The average Bonchev–Trinajstić information content (AvgIpc) is 2.95. The molecule has 0 bridgehead atoms. The Morgan fingerprint density at radius 1 is 1.03 bits per heavy atom. The molecule has 0 saturated heterocycles. The molecule has 164 valence electrons. The molecule has 0 spiro atoms. The standard InChI is InChI=1S/C17H15ClN4O7S2/c1-9-7-15(31(27,28)29)14(8-13(9)18)19-20-16-10(2)21-22(17(16)23)11-3-5-12(6-4-11)30(24,25)26/h3-8,19H,1-2H3,(H,24,25,26)(H,27,28,29)/b20-16-. The van der Waals surface area contributed by atoms with Crippen LogP contribution in [0.4, 0.5) is 11.4 Å². The molecular formula is C17H15ClN4O7S2. The van der Waals surface area contributed by atoms with Crippen LogP contribution in [0.1, 0.15) is 12.5 Å². The molecule has 1 aliphatic heterocycles. The number of anilines is 2. The Kier molecular flexibility index (Phi) is 5.90. The maximum Gasteiger partial charge on any atom is 0.301 e. The second kappa shape index (κ2) is 8.01. The van der Waals surface area contributed by atoms with Crippen molar-refractivity contribution in [3.8, 4) is 0 Å². The fourth-order valence-electron chi connectivity index (χ4n) is 2.63. The molecule has 2 aromatic rings. The Hall–Kier alpha value is -2.84. The van der Waals surface area contributed by atoms with Crippen LogP contribution in [0.15, 0.2) is 56.4 Å². The van der Waals surface area contributed by atoms with Gasteiger partial charge >= 0.3 is 5.91 Å². The van der Waals surface area contributed by atoms with E-state index < -0.39 is 31.0 Å². The first-order chi connectivity index (χ1) is 14.3. The Morgan fingerprint density at radius 2 is 1.65 bits per heavy atom. The van der Waals surface area contributed by atoms with Gasteiger partial charge in [-0.15, -0.1) is 0 Å². The van der Waals surface area contributed by atoms with Gasteiger partial charge in [0.25, 0.3) is 20.2 Å². The van der Waals surface area contributed by atoms with Gasteiger partial charge in [0.2, 0.25) is 0 Å². The Balaban J connectivity index is 1.92. The van der Waals surface area contributed by atoms with E-state index in [1.807, 2.05) is 0 Å². The van der Waals surface area contributed by atoms with Crippen LogP contribution in [0.3, 0.4) is 0 Å². The van der Waals surface area contributed by atoms with E-state index in [-0.39, 0.29) is 32.7 Å². The van der Waals surface area contributed by atoms with Crippen LogP contribution in [-0.2, 0) is 25.0 Å². The average molecular weight is 487 g/mol. The third kappa shape index (κ3) is 4.75. The zero-order valence-electron chi connectivity index (χ0n) is 15.9. The number of benzene rings is 2. The molecule has 0 radical (unpaired) electrons. The minimum atomic E-state index is -4.60. The van der Waals surface area contributed by atoms with Crippen molar-refractivity contribution in [2.45, 2.75) is 23.6 Å². The molecule has 2 aromatic carbocycles. The van der Waals surface area contributed by atoms with Gasteiger partial charge < -0.3 is 0 Å². The van der Waals surface area contributed by atoms with E-state index in [4.69, 9.17) is 16.2 Å². The third-order valence-electron chi connectivity index (χ3n) is 4.19. The molecule has 11 nitrogen and oxygen atoms in total. The fourth-order valence-corrected chi connectivity index (χ4v) is 3.98. The lowest BCUT2D eigenvalue weighted by molar-refractivity contribution is -0.112. The summed E-state index contributed by atoms with van der Waals surface area (Å²) in [7, 11) is -8.99. The summed E-state index contributed by atoms with van der Waals surface area (Å²) in [4.78, 5) is 11.9. The minimum Gasteiger partial charge on any atom is -0.282 e. The van der Waals surface area contributed by atoms with E-state index in [0.717, 1.165) is 23.2 Å². The molecule has 14 heteroatoms. The quantitative estimate of drug-likeness (QED) is 0.427. The van der Waals surface area contributed by atoms with E-state index in [2.05, 4.69) is 15.6 Å². The van der Waals surface area contributed by atoms with Crippen molar-refractivity contribution in [2.75, 3.05) is 10.4 Å². The summed E-state index contributed by atoms with van der Waals surface area (Å²) in [5.74, 6) is -0.684. The molecule has 0 saturated carbocycles. The first-order valence-electron chi connectivity index (χ1n) is 8.38. The van der Waals surface area contributed by atoms with Crippen LogP contribution < -0.4 is 10.4 Å². The van der Waals surface area contributed by atoms with Crippen molar-refractivity contribution in [2.24, 2.45) is 10.2 Å². The summed E-state index contributed by atoms with van der Waals surface area (Å²) in [6.45, 7) is 3.03. The number of aryl methyl sites for hydroxylation is 1. The van der Waals surface area contributed by atoms with Gasteiger partial charge in [0, 0.05) is 5.02 Å². The molecule has 31 heavy (non-hydrogen) atoms. The molecule has 1 aliphatic rings. The summed E-state index contributed by atoms with van der Waals surface area (Å²) < 4.78 is 64.1. The van der Waals surface area contributed by atoms with Crippen LogP contribution in [0.5, 0.6) is 0 Å². The SMILES string of the molecule is CC1=NN(c2ccc(S(=O)(=O)O)cc2)C(=O)/C1=N\Nc1cc(Cl)c(C)cc1S(=O)(=O)O. The lowest BCUT2D eigenvalue weighted by atomic mass is 10.2. The highest BCUT2D eigenvalue weighted by atomic mass is 35.5. The minimum absolute atomic E-state index is 0.151. The number of carbonyl (C=O) groups excluding carboxylic acids is 1. The first kappa shape index (κ1) is 22.8. The van der Waals surface area contributed by atoms with Gasteiger partial charge in [-0.25, -0.2) is 0 Å². The smallest absolute Gasteiger partial charge is 0.282 e. The number of carbonyl (C=O) groups is 1. The molecule has 3 rings (SSSR count). The predicted octanol–water partition coefficient (Wildman–Crippen LogP) is 2.33. The van der Waals surface area contributed by atoms with Crippen LogP contribution in [-0.4, -0.2) is 43.3 Å². The topological polar surface area (TPSA) is 166 Å². The van der Waals surface area contributed by atoms with Gasteiger partial charge in [0.15, 0.2) is 5.71 Å². The molecule has 1 amide bonds. The van der Waals surface area contributed by atoms with Crippen LogP contribution in [0.25, 0.3) is 0 Å². The number of hydrogen-bond donors (Lipinski definition) is 3. The normalized spacial score (nSPS) is 16.0. The van der Waals surface area contributed by atoms with Crippen molar-refractivity contribution in [3.05, 3.63) is 47.0 Å². The van der Waals surface area contributed by atoms with Crippen LogP contribution >= 0.6 is 11.6 Å². The van der Waals surface area contributed by atoms with Crippen LogP contribution in [0.2, 0.25) is 5.02 Å². The third-order valence-corrected chi connectivity index (χ3v) is 6.36. The Labute approximate surface area is 182 Å². The first-order valence-corrected chi connectivity index (χ1v) is 11.6. The van der Waals surface area contributed by atoms with E-state index in [1.165, 1.54) is 25.1 Å². The highest BCUT2D eigenvalue weighted by molar-refractivity contribution is 7.86. The highest BCUT2D eigenvalue weighted by Crippen LogP contribution is 2.29. The van der Waals surface area contributed by atoms with Crippen molar-refractivity contribution >= 4 is 60.5 Å². The van der Waals surface area contributed by atoms with Gasteiger partial charge in [-0.05, 0) is 55.8 Å². The van der Waals surface area contributed by atoms with Crippen molar-refractivity contribution in [1.29, 1.82) is 0 Å². The molecular weight excluding hydrogens is 472 g/mol. The molecule has 3 N–H and O–H groups in total. The monoisotopic (exact) mass is 486 g/mol. The van der Waals surface area contributed by atoms with Gasteiger partial charge in [-0.1, -0.05) is 11.6 Å². The highest BCUT2D eigenvalue weighted by Gasteiger charge is 2.31. The largest absolute Gasteiger partial charge is 0.301 e.